The van der Waals surface area contributed by atoms with Crippen molar-refractivity contribution in [3.8, 4) is 16.9 Å². The van der Waals surface area contributed by atoms with Crippen LogP contribution in [0.4, 0.5) is 19.4 Å². The second-order valence-electron chi connectivity index (χ2n) is 5.13. The predicted octanol–water partition coefficient (Wildman–Crippen LogP) is 6.20. The van der Waals surface area contributed by atoms with Gasteiger partial charge in [0, 0.05) is 0 Å². The molecule has 0 aliphatic heterocycles. The van der Waals surface area contributed by atoms with E-state index >= 15 is 0 Å². The van der Waals surface area contributed by atoms with Gasteiger partial charge in [-0.25, -0.2) is 4.79 Å². The molecule has 25 heavy (non-hydrogen) atoms. The van der Waals surface area contributed by atoms with Crippen molar-refractivity contribution < 1.29 is 33.7 Å². The van der Waals surface area contributed by atoms with E-state index in [2.05, 4.69) is 0 Å². The lowest BCUT2D eigenvalue weighted by atomic mass is 9.99. The molecule has 0 aliphatic rings. The van der Waals surface area contributed by atoms with Gasteiger partial charge in [0.25, 0.3) is 0 Å². The molecule has 0 unspecified atom stereocenters. The van der Waals surface area contributed by atoms with Crippen molar-refractivity contribution in [3.05, 3.63) is 48.0 Å². The van der Waals surface area contributed by atoms with E-state index in [-0.39, 0.29) is 24.3 Å². The Morgan fingerprint density at radius 1 is 1.00 bits per heavy atom. The van der Waals surface area contributed by atoms with Crippen molar-refractivity contribution in [1.29, 1.82) is 0 Å². The van der Waals surface area contributed by atoms with Crippen LogP contribution < -0.4 is 4.74 Å². The molecule has 2 aromatic rings. The van der Waals surface area contributed by atoms with E-state index < -0.39 is 26.7 Å². The van der Waals surface area contributed by atoms with Gasteiger partial charge in [0.15, 0.2) is 0 Å². The Balaban J connectivity index is 2.66. The minimum absolute atomic E-state index is 0.0479. The zero-order chi connectivity index (χ0) is 18.9. The van der Waals surface area contributed by atoms with Gasteiger partial charge in [-0.3, -0.25) is 0 Å². The first-order valence-corrected chi connectivity index (χ1v) is 9.00. The number of hydrogen-bond donors (Lipinski definition) is 0. The summed E-state index contributed by atoms with van der Waals surface area (Å²) in [4.78, 5) is 9.87. The number of carbonyl (C=O) groups excluding carboxylic acids is 1. The molecular formula is C16H15F5O3S. The molecule has 0 radical (unpaired) electrons. The Morgan fingerprint density at radius 2 is 1.60 bits per heavy atom. The zero-order valence-electron chi connectivity index (χ0n) is 13.3. The summed E-state index contributed by atoms with van der Waals surface area (Å²) in [5, 5.41) is 0. The van der Waals surface area contributed by atoms with Crippen LogP contribution in [-0.2, 0) is 4.74 Å². The standard InChI is InChI=1S/C16H15F5O3S/c1-3-24-16(22)15-10-13(25(17,18,19,20)21)8-9-14(15)11-4-6-12(23-2)7-5-11/h4-10H,3H2,1-2H3. The number of hydrogen-bond acceptors (Lipinski definition) is 3. The van der Waals surface area contributed by atoms with Crippen molar-refractivity contribution >= 4 is 16.2 Å². The largest absolute Gasteiger partial charge is 0.497 e. The maximum Gasteiger partial charge on any atom is 0.338 e. The zero-order valence-corrected chi connectivity index (χ0v) is 14.1. The number of benzene rings is 2. The second-order valence-corrected chi connectivity index (χ2v) is 7.53. The monoisotopic (exact) mass is 382 g/mol. The van der Waals surface area contributed by atoms with E-state index in [9.17, 15) is 24.2 Å². The summed E-state index contributed by atoms with van der Waals surface area (Å²) in [6.07, 6.45) is 0. The molecule has 0 atom stereocenters. The summed E-state index contributed by atoms with van der Waals surface area (Å²) in [6, 6.07) is 7.29. The molecule has 3 nitrogen and oxygen atoms in total. The molecular weight excluding hydrogens is 367 g/mol. The molecule has 0 N–H and O–H groups in total. The van der Waals surface area contributed by atoms with E-state index in [1.54, 1.807) is 0 Å². The average molecular weight is 382 g/mol. The van der Waals surface area contributed by atoms with Gasteiger partial charge in [0.1, 0.15) is 10.6 Å². The van der Waals surface area contributed by atoms with Crippen LogP contribution in [0.2, 0.25) is 0 Å². The maximum absolute atomic E-state index is 13.0. The Hall–Kier alpha value is -2.29. The molecule has 0 aliphatic carbocycles. The third kappa shape index (κ3) is 4.41. The molecule has 0 spiro atoms. The van der Waals surface area contributed by atoms with Crippen LogP contribution in [-0.4, -0.2) is 19.7 Å². The lowest BCUT2D eigenvalue weighted by Crippen LogP contribution is -2.11. The topological polar surface area (TPSA) is 35.5 Å². The van der Waals surface area contributed by atoms with E-state index in [1.807, 2.05) is 0 Å². The number of methoxy groups -OCH3 is 1. The fourth-order valence-electron chi connectivity index (χ4n) is 2.16. The Bertz CT molecular complexity index is 801. The highest BCUT2D eigenvalue weighted by molar-refractivity contribution is 8.45. The molecule has 0 aromatic heterocycles. The smallest absolute Gasteiger partial charge is 0.338 e. The summed E-state index contributed by atoms with van der Waals surface area (Å²) in [5.41, 5.74) is -0.179. The highest BCUT2D eigenvalue weighted by Gasteiger charge is 2.65. The van der Waals surface area contributed by atoms with E-state index in [0.717, 1.165) is 6.07 Å². The van der Waals surface area contributed by atoms with Gasteiger partial charge in [-0.15, -0.1) is 0 Å². The Morgan fingerprint density at radius 3 is 2.08 bits per heavy atom. The molecule has 2 rings (SSSR count). The fraction of sp³-hybridized carbons (Fsp3) is 0.188. The van der Waals surface area contributed by atoms with E-state index in [1.165, 1.54) is 38.3 Å². The third-order valence-electron chi connectivity index (χ3n) is 3.33. The molecule has 0 fully saturated rings. The first-order chi connectivity index (χ1) is 11.4. The summed E-state index contributed by atoms with van der Waals surface area (Å²) in [6.45, 7) is 1.35. The second kappa shape index (κ2) is 5.62. The van der Waals surface area contributed by atoms with Gasteiger partial charge in [0.2, 0.25) is 0 Å². The number of rotatable bonds is 5. The molecule has 138 valence electrons. The molecule has 0 amide bonds. The van der Waals surface area contributed by atoms with Gasteiger partial charge in [-0.1, -0.05) is 37.6 Å². The molecule has 0 saturated carbocycles. The molecule has 2 aromatic carbocycles. The summed E-state index contributed by atoms with van der Waals surface area (Å²) in [7, 11) is -8.48. The normalized spacial score (nSPS) is 14.4. The first kappa shape index (κ1) is 19.0. The summed E-state index contributed by atoms with van der Waals surface area (Å²) >= 11 is 0. The third-order valence-corrected chi connectivity index (χ3v) is 4.48. The fourth-order valence-corrected chi connectivity index (χ4v) is 2.83. The average Bonchev–Trinajstić information content (AvgIpc) is 2.52. The predicted molar refractivity (Wildman–Crippen MR) is 85.8 cm³/mol. The van der Waals surface area contributed by atoms with Gasteiger partial charge in [-0.2, -0.15) is 0 Å². The van der Waals surface area contributed by atoms with Crippen LogP contribution in [0.1, 0.15) is 17.3 Å². The van der Waals surface area contributed by atoms with Gasteiger partial charge < -0.3 is 9.47 Å². The van der Waals surface area contributed by atoms with Gasteiger partial charge in [-0.05, 0) is 42.3 Å². The lowest BCUT2D eigenvalue weighted by Gasteiger charge is -2.40. The van der Waals surface area contributed by atoms with Crippen molar-refractivity contribution in [3.63, 3.8) is 0 Å². The van der Waals surface area contributed by atoms with Gasteiger partial charge >= 0.3 is 16.2 Å². The van der Waals surface area contributed by atoms with Crippen LogP contribution >= 0.6 is 10.2 Å². The summed E-state index contributed by atoms with van der Waals surface area (Å²) in [5.74, 6) is -0.623. The molecule has 0 heterocycles. The van der Waals surface area contributed by atoms with Gasteiger partial charge in [0.05, 0.1) is 19.3 Å². The minimum Gasteiger partial charge on any atom is -0.497 e. The SMILES string of the molecule is CCOC(=O)c1cc(S(F)(F)(F)(F)F)ccc1-c1ccc(OC)cc1. The molecule has 0 saturated heterocycles. The van der Waals surface area contributed by atoms with Crippen molar-refractivity contribution in [1.82, 2.24) is 0 Å². The highest BCUT2D eigenvalue weighted by Crippen LogP contribution is 3.02. The van der Waals surface area contributed by atoms with Crippen molar-refractivity contribution in [2.45, 2.75) is 11.8 Å². The van der Waals surface area contributed by atoms with Crippen LogP contribution in [0, 0.1) is 0 Å². The Kier molecular flexibility index (Phi) is 4.28. The number of esters is 1. The van der Waals surface area contributed by atoms with Crippen molar-refractivity contribution in [2.75, 3.05) is 13.7 Å². The van der Waals surface area contributed by atoms with Crippen LogP contribution in [0.5, 0.6) is 5.75 Å². The first-order valence-electron chi connectivity index (χ1n) is 7.05. The number of carbonyl (C=O) groups is 1. The van der Waals surface area contributed by atoms with E-state index in [0.29, 0.717) is 11.3 Å². The number of ether oxygens (including phenoxy) is 2. The molecule has 9 heteroatoms. The van der Waals surface area contributed by atoms with Crippen molar-refractivity contribution in [2.24, 2.45) is 0 Å². The summed E-state index contributed by atoms with van der Waals surface area (Å²) < 4.78 is 74.9. The number of halogens is 5. The van der Waals surface area contributed by atoms with Crippen LogP contribution in [0.25, 0.3) is 11.1 Å². The quantitative estimate of drug-likeness (QED) is 0.456. The maximum atomic E-state index is 13.0. The van der Waals surface area contributed by atoms with E-state index in [4.69, 9.17) is 9.47 Å². The van der Waals surface area contributed by atoms with Crippen LogP contribution in [0.15, 0.2) is 47.4 Å². The molecule has 0 bridgehead atoms. The lowest BCUT2D eigenvalue weighted by molar-refractivity contribution is 0.0527. The Labute approximate surface area is 141 Å². The van der Waals surface area contributed by atoms with Crippen LogP contribution in [0.3, 0.4) is 0 Å². The highest BCUT2D eigenvalue weighted by atomic mass is 32.5. The minimum atomic E-state index is -9.92.